The van der Waals surface area contributed by atoms with Gasteiger partial charge in [-0.05, 0) is 36.8 Å². The summed E-state index contributed by atoms with van der Waals surface area (Å²) in [4.78, 5) is 0. The highest BCUT2D eigenvalue weighted by Gasteiger charge is 2.27. The maximum atomic E-state index is 4.25. The van der Waals surface area contributed by atoms with Crippen LogP contribution < -0.4 is 5.32 Å². The smallest absolute Gasteiger partial charge is 0.0522 e. The summed E-state index contributed by atoms with van der Waals surface area (Å²) < 4.78 is 1.88. The van der Waals surface area contributed by atoms with Crippen LogP contribution in [-0.4, -0.2) is 22.4 Å². The molecule has 0 spiro atoms. The molecule has 0 aliphatic carbocycles. The zero-order valence-electron chi connectivity index (χ0n) is 12.0. The Hall–Kier alpha value is -0.830. The zero-order chi connectivity index (χ0) is 12.9. The Morgan fingerprint density at radius 2 is 2.12 bits per heavy atom. The minimum absolute atomic E-state index is 0.324. The topological polar surface area (TPSA) is 29.9 Å². The van der Waals surface area contributed by atoms with Crippen LogP contribution in [0.2, 0.25) is 0 Å². The number of aryl methyl sites for hydroxylation is 1. The largest absolute Gasteiger partial charge is 0.313 e. The van der Waals surface area contributed by atoms with Gasteiger partial charge in [-0.15, -0.1) is 0 Å². The van der Waals surface area contributed by atoms with Crippen LogP contribution in [0.4, 0.5) is 0 Å². The highest BCUT2D eigenvalue weighted by atomic mass is 15.2. The molecule has 1 unspecified atom stereocenters. The summed E-state index contributed by atoms with van der Waals surface area (Å²) in [6.45, 7) is 10.3. The van der Waals surface area contributed by atoms with Gasteiger partial charge in [-0.25, -0.2) is 0 Å². The Labute approximate surface area is 106 Å². The highest BCUT2D eigenvalue weighted by molar-refractivity contribution is 5.07. The minimum Gasteiger partial charge on any atom is -0.313 e. The van der Waals surface area contributed by atoms with E-state index < -0.39 is 0 Å². The van der Waals surface area contributed by atoms with Gasteiger partial charge >= 0.3 is 0 Å². The van der Waals surface area contributed by atoms with E-state index in [1.807, 2.05) is 17.9 Å². The molecule has 1 aromatic rings. The first-order valence-electron chi connectivity index (χ1n) is 6.70. The lowest BCUT2D eigenvalue weighted by molar-refractivity contribution is 0.230. The van der Waals surface area contributed by atoms with Crippen LogP contribution in [0.15, 0.2) is 12.4 Å². The van der Waals surface area contributed by atoms with Crippen molar-refractivity contribution in [3.8, 4) is 0 Å². The average Bonchev–Trinajstić information content (AvgIpc) is 2.70. The van der Waals surface area contributed by atoms with E-state index in [0.717, 1.165) is 13.0 Å². The maximum Gasteiger partial charge on any atom is 0.0522 e. The Kier molecular flexibility index (Phi) is 5.19. The third kappa shape index (κ3) is 4.15. The van der Waals surface area contributed by atoms with Crippen molar-refractivity contribution in [3.63, 3.8) is 0 Å². The fourth-order valence-electron chi connectivity index (χ4n) is 2.00. The van der Waals surface area contributed by atoms with E-state index in [2.05, 4.69) is 44.3 Å². The molecule has 1 atom stereocenters. The number of hydrogen-bond donors (Lipinski definition) is 1. The first kappa shape index (κ1) is 14.2. The van der Waals surface area contributed by atoms with Crippen LogP contribution >= 0.6 is 0 Å². The van der Waals surface area contributed by atoms with Crippen molar-refractivity contribution in [1.82, 2.24) is 15.1 Å². The van der Waals surface area contributed by atoms with Crippen LogP contribution in [0.1, 0.15) is 46.1 Å². The van der Waals surface area contributed by atoms with Crippen molar-refractivity contribution in [3.05, 3.63) is 18.0 Å². The van der Waals surface area contributed by atoms with Crippen LogP contribution in [0, 0.1) is 5.41 Å². The van der Waals surface area contributed by atoms with Gasteiger partial charge in [0.1, 0.15) is 0 Å². The molecule has 1 aromatic heterocycles. The zero-order valence-corrected chi connectivity index (χ0v) is 12.0. The van der Waals surface area contributed by atoms with Crippen LogP contribution in [0.5, 0.6) is 0 Å². The molecule has 3 heteroatoms. The summed E-state index contributed by atoms with van der Waals surface area (Å²) in [7, 11) is 1.98. The monoisotopic (exact) mass is 237 g/mol. The maximum absolute atomic E-state index is 4.25. The third-order valence-corrected chi connectivity index (χ3v) is 3.69. The molecule has 0 saturated carbocycles. The third-order valence-electron chi connectivity index (χ3n) is 3.69. The summed E-state index contributed by atoms with van der Waals surface area (Å²) in [5, 5.41) is 7.93. The van der Waals surface area contributed by atoms with Crippen LogP contribution in [0.3, 0.4) is 0 Å². The van der Waals surface area contributed by atoms with E-state index in [-0.39, 0.29) is 0 Å². The first-order valence-corrected chi connectivity index (χ1v) is 6.70. The Morgan fingerprint density at radius 1 is 1.41 bits per heavy atom. The molecule has 1 rings (SSSR count). The molecule has 3 nitrogen and oxygen atoms in total. The lowest BCUT2D eigenvalue weighted by atomic mass is 9.79. The molecule has 0 aliphatic heterocycles. The highest BCUT2D eigenvalue weighted by Crippen LogP contribution is 2.27. The van der Waals surface area contributed by atoms with Crippen LogP contribution in [0.25, 0.3) is 0 Å². The van der Waals surface area contributed by atoms with Crippen molar-refractivity contribution >= 4 is 0 Å². The molecular formula is C14H27N3. The molecule has 0 aliphatic rings. The molecule has 0 amide bonds. The molecule has 0 fully saturated rings. The van der Waals surface area contributed by atoms with Gasteiger partial charge in [-0.2, -0.15) is 5.10 Å². The van der Waals surface area contributed by atoms with E-state index in [4.69, 9.17) is 0 Å². The molecule has 0 saturated heterocycles. The standard InChI is InChI=1S/C14H27N3/c1-6-8-15-13(14(3,4)7-2)9-12-10-16-17(5)11-12/h10-11,13,15H,6-9H2,1-5H3. The Balaban J connectivity index is 2.69. The lowest BCUT2D eigenvalue weighted by Crippen LogP contribution is -2.43. The molecule has 98 valence electrons. The van der Waals surface area contributed by atoms with E-state index >= 15 is 0 Å². The molecule has 1 N–H and O–H groups in total. The minimum atomic E-state index is 0.324. The van der Waals surface area contributed by atoms with Crippen molar-refractivity contribution in [1.29, 1.82) is 0 Å². The lowest BCUT2D eigenvalue weighted by Gasteiger charge is -2.34. The van der Waals surface area contributed by atoms with Gasteiger partial charge in [0.25, 0.3) is 0 Å². The predicted octanol–water partition coefficient (Wildman–Crippen LogP) is 2.77. The number of hydrogen-bond acceptors (Lipinski definition) is 2. The van der Waals surface area contributed by atoms with Crippen molar-refractivity contribution in [2.24, 2.45) is 12.5 Å². The molecule has 1 heterocycles. The summed E-state index contributed by atoms with van der Waals surface area (Å²) >= 11 is 0. The summed E-state index contributed by atoms with van der Waals surface area (Å²) in [6.07, 6.45) is 7.53. The molecule has 0 aromatic carbocycles. The first-order chi connectivity index (χ1) is 7.99. The van der Waals surface area contributed by atoms with Gasteiger partial charge in [0, 0.05) is 19.3 Å². The fourth-order valence-corrected chi connectivity index (χ4v) is 2.00. The number of nitrogens with one attached hydrogen (secondary N) is 1. The Bertz CT molecular complexity index is 328. The van der Waals surface area contributed by atoms with Crippen molar-refractivity contribution in [2.45, 2.75) is 53.0 Å². The summed E-state index contributed by atoms with van der Waals surface area (Å²) in [5.74, 6) is 0. The van der Waals surface area contributed by atoms with Crippen LogP contribution in [-0.2, 0) is 13.5 Å². The van der Waals surface area contributed by atoms with E-state index in [1.54, 1.807) is 0 Å². The summed E-state index contributed by atoms with van der Waals surface area (Å²) in [6, 6.07) is 0.525. The second-order valence-electron chi connectivity index (χ2n) is 5.58. The van der Waals surface area contributed by atoms with Gasteiger partial charge in [-0.1, -0.05) is 27.7 Å². The van der Waals surface area contributed by atoms with Gasteiger partial charge in [0.05, 0.1) is 6.20 Å². The SMILES string of the molecule is CCCNC(Cc1cnn(C)c1)C(C)(C)CC. The molecule has 17 heavy (non-hydrogen) atoms. The quantitative estimate of drug-likeness (QED) is 0.790. The van der Waals surface area contributed by atoms with E-state index in [9.17, 15) is 0 Å². The van der Waals surface area contributed by atoms with Crippen molar-refractivity contribution < 1.29 is 0 Å². The number of nitrogens with zero attached hydrogens (tertiary/aromatic N) is 2. The molecule has 0 radical (unpaired) electrons. The van der Waals surface area contributed by atoms with Gasteiger partial charge in [0.15, 0.2) is 0 Å². The van der Waals surface area contributed by atoms with Gasteiger partial charge in [-0.3, -0.25) is 4.68 Å². The second-order valence-corrected chi connectivity index (χ2v) is 5.58. The van der Waals surface area contributed by atoms with Crippen molar-refractivity contribution in [2.75, 3.05) is 6.54 Å². The molecule has 0 bridgehead atoms. The van der Waals surface area contributed by atoms with Gasteiger partial charge < -0.3 is 5.32 Å². The summed E-state index contributed by atoms with van der Waals surface area (Å²) in [5.41, 5.74) is 1.65. The van der Waals surface area contributed by atoms with E-state index in [1.165, 1.54) is 18.4 Å². The fraction of sp³-hybridized carbons (Fsp3) is 0.786. The number of aromatic nitrogens is 2. The number of rotatable bonds is 7. The predicted molar refractivity (Wildman–Crippen MR) is 73.1 cm³/mol. The van der Waals surface area contributed by atoms with Gasteiger partial charge in [0.2, 0.25) is 0 Å². The second kappa shape index (κ2) is 6.20. The van der Waals surface area contributed by atoms with E-state index in [0.29, 0.717) is 11.5 Å². The normalized spacial score (nSPS) is 13.9. The average molecular weight is 237 g/mol. The molecular weight excluding hydrogens is 210 g/mol. The Morgan fingerprint density at radius 3 is 2.59 bits per heavy atom.